The zero-order valence-corrected chi connectivity index (χ0v) is 11.7. The molecule has 2 aromatic heterocycles. The van der Waals surface area contributed by atoms with Crippen LogP contribution in [-0.4, -0.2) is 9.61 Å². The van der Waals surface area contributed by atoms with E-state index in [9.17, 15) is 0 Å². The molecular formula is C17H19N3. The van der Waals surface area contributed by atoms with Gasteiger partial charge in [-0.25, -0.2) is 4.52 Å². The Labute approximate surface area is 119 Å². The molecular weight excluding hydrogens is 246 g/mol. The molecule has 102 valence electrons. The van der Waals surface area contributed by atoms with Crippen LogP contribution < -0.4 is 5.73 Å². The number of benzene rings is 1. The number of nitrogens with zero attached hydrogens (tertiary/aromatic N) is 2. The number of hydrogen-bond acceptors (Lipinski definition) is 2. The van der Waals surface area contributed by atoms with E-state index in [4.69, 9.17) is 5.73 Å². The zero-order chi connectivity index (χ0) is 13.9. The maximum Gasteiger partial charge on any atom is 0.0712 e. The van der Waals surface area contributed by atoms with E-state index in [0.29, 0.717) is 0 Å². The summed E-state index contributed by atoms with van der Waals surface area (Å²) < 4.78 is 1.86. The predicted octanol–water partition coefficient (Wildman–Crippen LogP) is 3.33. The van der Waals surface area contributed by atoms with Gasteiger partial charge in [-0.05, 0) is 29.7 Å². The highest BCUT2D eigenvalue weighted by atomic mass is 15.2. The van der Waals surface area contributed by atoms with Gasteiger partial charge in [-0.15, -0.1) is 0 Å². The van der Waals surface area contributed by atoms with Crippen molar-refractivity contribution < 1.29 is 0 Å². The molecule has 2 N–H and O–H groups in total. The van der Waals surface area contributed by atoms with Crippen LogP contribution in [0.3, 0.4) is 0 Å². The summed E-state index contributed by atoms with van der Waals surface area (Å²) in [5, 5.41) is 4.35. The average molecular weight is 265 g/mol. The third-order valence-electron chi connectivity index (χ3n) is 3.67. The summed E-state index contributed by atoms with van der Waals surface area (Å²) >= 11 is 0. The lowest BCUT2D eigenvalue weighted by Gasteiger charge is -2.11. The molecule has 0 bridgehead atoms. The van der Waals surface area contributed by atoms with Gasteiger partial charge in [-0.1, -0.05) is 43.7 Å². The fraction of sp³-hybridized carbons (Fsp3) is 0.235. The van der Waals surface area contributed by atoms with Gasteiger partial charge in [0, 0.05) is 11.8 Å². The van der Waals surface area contributed by atoms with Gasteiger partial charge in [-0.2, -0.15) is 5.10 Å². The summed E-state index contributed by atoms with van der Waals surface area (Å²) in [6.45, 7) is 2.19. The first-order valence-corrected chi connectivity index (χ1v) is 7.06. The van der Waals surface area contributed by atoms with Crippen LogP contribution in [0.4, 0.5) is 0 Å². The Morgan fingerprint density at radius 1 is 1.15 bits per heavy atom. The van der Waals surface area contributed by atoms with Gasteiger partial charge in [0.1, 0.15) is 0 Å². The van der Waals surface area contributed by atoms with Crippen molar-refractivity contribution in [3.8, 4) is 0 Å². The minimum absolute atomic E-state index is 0.134. The minimum atomic E-state index is -0.134. The van der Waals surface area contributed by atoms with Gasteiger partial charge in [0.05, 0.1) is 17.8 Å². The Balaban J connectivity index is 1.93. The van der Waals surface area contributed by atoms with E-state index in [1.54, 1.807) is 0 Å². The van der Waals surface area contributed by atoms with Crippen molar-refractivity contribution in [1.82, 2.24) is 9.61 Å². The topological polar surface area (TPSA) is 43.3 Å². The van der Waals surface area contributed by atoms with E-state index in [1.807, 2.05) is 35.1 Å². The van der Waals surface area contributed by atoms with Crippen LogP contribution in [0.25, 0.3) is 5.52 Å². The molecule has 0 saturated carbocycles. The zero-order valence-electron chi connectivity index (χ0n) is 11.7. The lowest BCUT2D eigenvalue weighted by Crippen LogP contribution is -2.11. The average Bonchev–Trinajstić information content (AvgIpc) is 2.92. The second-order valence-corrected chi connectivity index (χ2v) is 5.10. The number of fused-ring (bicyclic) bond motifs is 1. The molecule has 2 heterocycles. The summed E-state index contributed by atoms with van der Waals surface area (Å²) in [6, 6.07) is 14.5. The van der Waals surface area contributed by atoms with Crippen molar-refractivity contribution in [3.05, 3.63) is 71.5 Å². The van der Waals surface area contributed by atoms with Crippen molar-refractivity contribution in [1.29, 1.82) is 0 Å². The van der Waals surface area contributed by atoms with E-state index < -0.39 is 0 Å². The lowest BCUT2D eigenvalue weighted by molar-refractivity contribution is 0.872. The largest absolute Gasteiger partial charge is 0.320 e. The summed E-state index contributed by atoms with van der Waals surface area (Å²) in [6.07, 6.45) is 6.08. The second-order valence-electron chi connectivity index (χ2n) is 5.10. The number of hydrogen-bond donors (Lipinski definition) is 1. The minimum Gasteiger partial charge on any atom is -0.320 e. The first kappa shape index (κ1) is 12.9. The van der Waals surface area contributed by atoms with Gasteiger partial charge < -0.3 is 5.73 Å². The molecule has 0 saturated heterocycles. The molecule has 0 fully saturated rings. The molecule has 3 aromatic rings. The fourth-order valence-corrected chi connectivity index (χ4v) is 2.55. The Morgan fingerprint density at radius 2 is 1.95 bits per heavy atom. The van der Waals surface area contributed by atoms with Crippen LogP contribution in [0.2, 0.25) is 0 Å². The maximum atomic E-state index is 6.40. The van der Waals surface area contributed by atoms with E-state index in [2.05, 4.69) is 36.3 Å². The van der Waals surface area contributed by atoms with Crippen LogP contribution in [0.5, 0.6) is 0 Å². The molecule has 1 aromatic carbocycles. The summed E-state index contributed by atoms with van der Waals surface area (Å²) in [5.74, 6) is 0. The highest BCUT2D eigenvalue weighted by Crippen LogP contribution is 2.23. The van der Waals surface area contributed by atoms with E-state index in [1.165, 1.54) is 12.0 Å². The molecule has 0 aliphatic heterocycles. The highest BCUT2D eigenvalue weighted by Gasteiger charge is 2.13. The van der Waals surface area contributed by atoms with Crippen LogP contribution in [0.1, 0.15) is 36.1 Å². The first-order chi connectivity index (χ1) is 9.79. The predicted molar refractivity (Wildman–Crippen MR) is 81.7 cm³/mol. The molecule has 0 spiro atoms. The van der Waals surface area contributed by atoms with Crippen molar-refractivity contribution in [2.24, 2.45) is 5.73 Å². The van der Waals surface area contributed by atoms with E-state index in [-0.39, 0.29) is 6.04 Å². The molecule has 20 heavy (non-hydrogen) atoms. The van der Waals surface area contributed by atoms with Gasteiger partial charge in [0.25, 0.3) is 0 Å². The number of rotatable bonds is 4. The second kappa shape index (κ2) is 5.47. The van der Waals surface area contributed by atoms with Crippen molar-refractivity contribution >= 4 is 5.52 Å². The van der Waals surface area contributed by atoms with Crippen molar-refractivity contribution in [2.75, 3.05) is 0 Å². The number of pyridine rings is 1. The maximum absolute atomic E-state index is 6.40. The van der Waals surface area contributed by atoms with E-state index >= 15 is 0 Å². The third-order valence-corrected chi connectivity index (χ3v) is 3.67. The molecule has 3 heteroatoms. The van der Waals surface area contributed by atoms with Gasteiger partial charge in [-0.3, -0.25) is 0 Å². The van der Waals surface area contributed by atoms with Crippen LogP contribution >= 0.6 is 0 Å². The first-order valence-electron chi connectivity index (χ1n) is 7.06. The fourth-order valence-electron chi connectivity index (χ4n) is 2.55. The molecule has 0 radical (unpaired) electrons. The van der Waals surface area contributed by atoms with Crippen molar-refractivity contribution in [2.45, 2.75) is 25.8 Å². The van der Waals surface area contributed by atoms with Crippen LogP contribution in [0.15, 0.2) is 54.9 Å². The standard InChI is InChI=1S/C17H19N3/c1-2-5-13-7-9-14(10-8-13)17(18)15-12-19-20-11-4-3-6-16(15)20/h3-4,6-12,17H,2,5,18H2,1H3. The molecule has 3 rings (SSSR count). The van der Waals surface area contributed by atoms with Gasteiger partial charge in [0.15, 0.2) is 0 Å². The Bertz CT molecular complexity index is 698. The number of aryl methyl sites for hydroxylation is 1. The smallest absolute Gasteiger partial charge is 0.0712 e. The molecule has 3 nitrogen and oxygen atoms in total. The Morgan fingerprint density at radius 3 is 2.70 bits per heavy atom. The molecule has 0 aliphatic carbocycles. The third kappa shape index (κ3) is 2.32. The van der Waals surface area contributed by atoms with E-state index in [0.717, 1.165) is 23.1 Å². The Kier molecular flexibility index (Phi) is 3.52. The number of nitrogens with two attached hydrogens (primary N) is 1. The number of aromatic nitrogens is 2. The van der Waals surface area contributed by atoms with Gasteiger partial charge >= 0.3 is 0 Å². The quantitative estimate of drug-likeness (QED) is 0.786. The summed E-state index contributed by atoms with van der Waals surface area (Å²) in [5.41, 5.74) is 11.0. The molecule has 0 amide bonds. The van der Waals surface area contributed by atoms with Crippen LogP contribution in [-0.2, 0) is 6.42 Å². The SMILES string of the molecule is CCCc1ccc(C(N)c2cnn3ccccc23)cc1. The molecule has 1 unspecified atom stereocenters. The Hall–Kier alpha value is -2.13. The summed E-state index contributed by atoms with van der Waals surface area (Å²) in [7, 11) is 0. The van der Waals surface area contributed by atoms with Crippen LogP contribution in [0, 0.1) is 0 Å². The molecule has 1 atom stereocenters. The summed E-state index contributed by atoms with van der Waals surface area (Å²) in [4.78, 5) is 0. The van der Waals surface area contributed by atoms with Gasteiger partial charge in [0.2, 0.25) is 0 Å². The normalized spacial score (nSPS) is 12.7. The molecule has 0 aliphatic rings. The highest BCUT2D eigenvalue weighted by molar-refractivity contribution is 5.56. The monoisotopic (exact) mass is 265 g/mol. The lowest BCUT2D eigenvalue weighted by atomic mass is 9.99. The van der Waals surface area contributed by atoms with Crippen molar-refractivity contribution in [3.63, 3.8) is 0 Å².